The fraction of sp³-hybridized carbons (Fsp3) is 0.632. The van der Waals surface area contributed by atoms with Crippen molar-refractivity contribution in [3.05, 3.63) is 24.3 Å². The lowest BCUT2D eigenvalue weighted by molar-refractivity contribution is -0.124. The van der Waals surface area contributed by atoms with Crippen LogP contribution in [0.1, 0.15) is 44.9 Å². The Labute approximate surface area is 149 Å². The van der Waals surface area contributed by atoms with E-state index in [0.29, 0.717) is 17.8 Å². The van der Waals surface area contributed by atoms with Crippen LogP contribution in [0.4, 0.5) is 11.4 Å². The second kappa shape index (κ2) is 6.01. The van der Waals surface area contributed by atoms with E-state index in [-0.39, 0.29) is 11.3 Å². The number of nitrogens with one attached hydrogen (secondary N) is 2. The van der Waals surface area contributed by atoms with Crippen LogP contribution in [0, 0.1) is 23.2 Å². The van der Waals surface area contributed by atoms with Crippen molar-refractivity contribution >= 4 is 27.3 Å². The van der Waals surface area contributed by atoms with Gasteiger partial charge in [0.1, 0.15) is 0 Å². The van der Waals surface area contributed by atoms with Gasteiger partial charge in [-0.2, -0.15) is 0 Å². The van der Waals surface area contributed by atoms with Gasteiger partial charge in [0.25, 0.3) is 0 Å². The second-order valence-corrected chi connectivity index (χ2v) is 10.3. The van der Waals surface area contributed by atoms with Crippen LogP contribution in [0.5, 0.6) is 0 Å². The maximum absolute atomic E-state index is 12.6. The largest absolute Gasteiger partial charge is 0.326 e. The summed E-state index contributed by atoms with van der Waals surface area (Å²) in [4.78, 5) is 12.6. The van der Waals surface area contributed by atoms with E-state index in [4.69, 9.17) is 0 Å². The van der Waals surface area contributed by atoms with E-state index in [0.717, 1.165) is 24.0 Å². The summed E-state index contributed by atoms with van der Waals surface area (Å²) in [5, 5.41) is 2.99. The molecule has 4 bridgehead atoms. The van der Waals surface area contributed by atoms with Crippen molar-refractivity contribution in [2.75, 3.05) is 16.3 Å². The number of hydrogen-bond donors (Lipinski definition) is 2. The Kier molecular flexibility index (Phi) is 4.06. The highest BCUT2D eigenvalue weighted by molar-refractivity contribution is 7.92. The topological polar surface area (TPSA) is 75.3 Å². The predicted octanol–water partition coefficient (Wildman–Crippen LogP) is 3.60. The lowest BCUT2D eigenvalue weighted by Crippen LogP contribution is -2.47. The minimum atomic E-state index is -3.28. The van der Waals surface area contributed by atoms with Gasteiger partial charge in [-0.05, 0) is 86.0 Å². The third-order valence-corrected chi connectivity index (χ3v) is 6.78. The molecule has 0 spiro atoms. The van der Waals surface area contributed by atoms with Crippen LogP contribution in [0.3, 0.4) is 0 Å². The molecule has 0 saturated heterocycles. The lowest BCUT2D eigenvalue weighted by atomic mass is 9.49. The highest BCUT2D eigenvalue weighted by Gasteiger charge is 2.51. The van der Waals surface area contributed by atoms with Crippen molar-refractivity contribution in [3.8, 4) is 0 Å². The van der Waals surface area contributed by atoms with E-state index in [1.165, 1.54) is 38.5 Å². The molecule has 2 N–H and O–H groups in total. The molecular weight excluding hydrogens is 336 g/mol. The van der Waals surface area contributed by atoms with E-state index in [9.17, 15) is 13.2 Å². The Balaban J connectivity index is 1.38. The summed E-state index contributed by atoms with van der Waals surface area (Å²) >= 11 is 0. The zero-order valence-corrected chi connectivity index (χ0v) is 15.4. The molecule has 4 fully saturated rings. The number of amides is 1. The Bertz CT molecular complexity index is 735. The van der Waals surface area contributed by atoms with Gasteiger partial charge >= 0.3 is 0 Å². The summed E-state index contributed by atoms with van der Waals surface area (Å²) in [6, 6.07) is 6.82. The Morgan fingerprint density at radius 1 is 1.00 bits per heavy atom. The molecule has 5 nitrogen and oxygen atoms in total. The number of rotatable bonds is 5. The maximum atomic E-state index is 12.6. The van der Waals surface area contributed by atoms with Gasteiger partial charge in [0, 0.05) is 17.8 Å². The first kappa shape index (κ1) is 16.9. The summed E-state index contributed by atoms with van der Waals surface area (Å²) < 4.78 is 24.9. The summed E-state index contributed by atoms with van der Waals surface area (Å²) in [6.45, 7) is 0. The van der Waals surface area contributed by atoms with E-state index in [1.54, 1.807) is 24.3 Å². The molecule has 0 aromatic heterocycles. The number of anilines is 2. The molecule has 0 aliphatic heterocycles. The molecule has 25 heavy (non-hydrogen) atoms. The third kappa shape index (κ3) is 3.84. The molecule has 4 aliphatic carbocycles. The van der Waals surface area contributed by atoms with Gasteiger partial charge in [-0.3, -0.25) is 9.52 Å². The maximum Gasteiger partial charge on any atom is 0.229 e. The molecule has 6 heteroatoms. The molecule has 5 rings (SSSR count). The minimum Gasteiger partial charge on any atom is -0.326 e. The number of benzene rings is 1. The van der Waals surface area contributed by atoms with Gasteiger partial charge in [0.15, 0.2) is 0 Å². The van der Waals surface area contributed by atoms with E-state index < -0.39 is 10.0 Å². The average Bonchev–Trinajstić information content (AvgIpc) is 2.45. The van der Waals surface area contributed by atoms with Gasteiger partial charge in [-0.1, -0.05) is 0 Å². The third-order valence-electron chi connectivity index (χ3n) is 6.17. The molecule has 0 heterocycles. The molecule has 0 atom stereocenters. The first-order valence-electron chi connectivity index (χ1n) is 9.16. The number of carbonyl (C=O) groups is 1. The zero-order valence-electron chi connectivity index (χ0n) is 14.6. The van der Waals surface area contributed by atoms with Crippen LogP contribution in [-0.2, 0) is 14.8 Å². The Morgan fingerprint density at radius 3 is 1.96 bits per heavy atom. The summed E-state index contributed by atoms with van der Waals surface area (Å²) in [5.74, 6) is 2.63. The zero-order chi connectivity index (χ0) is 17.7. The van der Waals surface area contributed by atoms with Crippen molar-refractivity contribution in [3.63, 3.8) is 0 Å². The molecular formula is C19H26N2O3S. The van der Waals surface area contributed by atoms with Gasteiger partial charge in [0.05, 0.1) is 6.26 Å². The van der Waals surface area contributed by atoms with Crippen LogP contribution >= 0.6 is 0 Å². The molecule has 4 saturated carbocycles. The fourth-order valence-electron chi connectivity index (χ4n) is 5.89. The van der Waals surface area contributed by atoms with Gasteiger partial charge in [-0.15, -0.1) is 0 Å². The monoisotopic (exact) mass is 362 g/mol. The van der Waals surface area contributed by atoms with Crippen molar-refractivity contribution < 1.29 is 13.2 Å². The molecule has 0 unspecified atom stereocenters. The average molecular weight is 362 g/mol. The van der Waals surface area contributed by atoms with Gasteiger partial charge in [0.2, 0.25) is 15.9 Å². The molecule has 0 radical (unpaired) electrons. The lowest BCUT2D eigenvalue weighted by Gasteiger charge is -2.56. The SMILES string of the molecule is CS(=O)(=O)Nc1ccc(NC(=O)CC23CC4CC(CC(C4)C2)C3)cc1. The summed E-state index contributed by atoms with van der Waals surface area (Å²) in [7, 11) is -3.28. The standard InChI is InChI=1S/C19H26N2O3S/c1-25(23,24)21-17-4-2-16(3-5-17)20-18(22)12-19-9-13-6-14(10-19)8-15(7-13)11-19/h2-5,13-15,21H,6-12H2,1H3,(H,20,22). The smallest absolute Gasteiger partial charge is 0.229 e. The molecule has 4 aliphatic rings. The molecule has 1 aromatic carbocycles. The number of carbonyl (C=O) groups excluding carboxylic acids is 1. The Morgan fingerprint density at radius 2 is 1.48 bits per heavy atom. The van der Waals surface area contributed by atoms with Crippen LogP contribution in [0.2, 0.25) is 0 Å². The van der Waals surface area contributed by atoms with Crippen molar-refractivity contribution in [2.24, 2.45) is 23.2 Å². The summed E-state index contributed by atoms with van der Waals surface area (Å²) in [6.07, 6.45) is 9.58. The highest BCUT2D eigenvalue weighted by atomic mass is 32.2. The molecule has 1 amide bonds. The van der Waals surface area contributed by atoms with Gasteiger partial charge < -0.3 is 5.32 Å². The number of hydrogen-bond acceptors (Lipinski definition) is 3. The summed E-state index contributed by atoms with van der Waals surface area (Å²) in [5.41, 5.74) is 1.45. The van der Waals surface area contributed by atoms with Crippen LogP contribution in [0.15, 0.2) is 24.3 Å². The minimum absolute atomic E-state index is 0.0887. The fourth-order valence-corrected chi connectivity index (χ4v) is 6.45. The molecule has 1 aromatic rings. The Hall–Kier alpha value is -1.56. The van der Waals surface area contributed by atoms with E-state index >= 15 is 0 Å². The van der Waals surface area contributed by atoms with Crippen molar-refractivity contribution in [1.29, 1.82) is 0 Å². The van der Waals surface area contributed by atoms with Crippen LogP contribution in [0.25, 0.3) is 0 Å². The van der Waals surface area contributed by atoms with Crippen LogP contribution in [-0.4, -0.2) is 20.6 Å². The second-order valence-electron chi connectivity index (χ2n) is 8.59. The first-order chi connectivity index (χ1) is 11.8. The van der Waals surface area contributed by atoms with E-state index in [1.807, 2.05) is 0 Å². The highest BCUT2D eigenvalue weighted by Crippen LogP contribution is 2.61. The normalized spacial score (nSPS) is 33.2. The van der Waals surface area contributed by atoms with E-state index in [2.05, 4.69) is 10.0 Å². The molecule has 136 valence electrons. The number of sulfonamides is 1. The van der Waals surface area contributed by atoms with Crippen molar-refractivity contribution in [1.82, 2.24) is 0 Å². The first-order valence-corrected chi connectivity index (χ1v) is 11.1. The van der Waals surface area contributed by atoms with Crippen LogP contribution < -0.4 is 10.0 Å². The van der Waals surface area contributed by atoms with Crippen molar-refractivity contribution in [2.45, 2.75) is 44.9 Å². The predicted molar refractivity (Wildman–Crippen MR) is 98.8 cm³/mol. The van der Waals surface area contributed by atoms with Gasteiger partial charge in [-0.25, -0.2) is 8.42 Å². The quantitative estimate of drug-likeness (QED) is 0.840.